The average molecular weight is 346 g/mol. The van der Waals surface area contributed by atoms with Gasteiger partial charge >= 0.3 is 0 Å². The van der Waals surface area contributed by atoms with Crippen LogP contribution < -0.4 is 11.1 Å². The number of carbonyl (C=O) groups is 2. The molecule has 0 saturated carbocycles. The number of nitrogens with two attached hydrogens (primary N) is 1. The van der Waals surface area contributed by atoms with Crippen molar-refractivity contribution < 1.29 is 9.59 Å². The molecule has 26 heavy (non-hydrogen) atoms. The van der Waals surface area contributed by atoms with Crippen LogP contribution in [-0.2, 0) is 6.42 Å². The highest BCUT2D eigenvalue weighted by molar-refractivity contribution is 5.94. The van der Waals surface area contributed by atoms with Crippen molar-refractivity contribution in [3.05, 3.63) is 83.7 Å². The van der Waals surface area contributed by atoms with Crippen molar-refractivity contribution in [1.29, 1.82) is 0 Å². The van der Waals surface area contributed by atoms with Gasteiger partial charge in [-0.2, -0.15) is 0 Å². The third-order valence-electron chi connectivity index (χ3n) is 3.85. The molecule has 6 heteroatoms. The Balaban J connectivity index is 1.75. The van der Waals surface area contributed by atoms with Crippen LogP contribution in [0.4, 0.5) is 0 Å². The zero-order valence-electron chi connectivity index (χ0n) is 14.1. The minimum atomic E-state index is -0.589. The fourth-order valence-electron chi connectivity index (χ4n) is 2.53. The number of carbonyl (C=O) groups excluding carboxylic acids is 2. The van der Waals surface area contributed by atoms with E-state index in [1.807, 2.05) is 36.4 Å². The monoisotopic (exact) mass is 346 g/mol. The number of benzene rings is 2. The molecule has 0 radical (unpaired) electrons. The average Bonchev–Trinajstić information content (AvgIpc) is 2.69. The van der Waals surface area contributed by atoms with Gasteiger partial charge in [0.2, 0.25) is 0 Å². The molecule has 0 aliphatic rings. The first-order chi connectivity index (χ1) is 12.6. The lowest BCUT2D eigenvalue weighted by Gasteiger charge is -2.09. The Bertz CT molecular complexity index is 912. The lowest BCUT2D eigenvalue weighted by Crippen LogP contribution is -2.27. The van der Waals surface area contributed by atoms with Crippen LogP contribution in [0.15, 0.2) is 66.9 Å². The van der Waals surface area contributed by atoms with Gasteiger partial charge in [-0.15, -0.1) is 0 Å². The molecule has 0 saturated heterocycles. The molecule has 1 aromatic heterocycles. The Hall–Kier alpha value is -3.54. The Morgan fingerprint density at radius 2 is 1.62 bits per heavy atom. The quantitative estimate of drug-likeness (QED) is 0.715. The molecular formula is C20H18N4O2. The number of amides is 2. The van der Waals surface area contributed by atoms with Gasteiger partial charge in [-0.3, -0.25) is 9.59 Å². The predicted molar refractivity (Wildman–Crippen MR) is 98.5 cm³/mol. The molecule has 0 bridgehead atoms. The summed E-state index contributed by atoms with van der Waals surface area (Å²) in [5.41, 5.74) is 7.62. The van der Waals surface area contributed by atoms with E-state index in [1.54, 1.807) is 24.3 Å². The fourth-order valence-corrected chi connectivity index (χ4v) is 2.53. The van der Waals surface area contributed by atoms with Gasteiger partial charge in [0.1, 0.15) is 0 Å². The van der Waals surface area contributed by atoms with Crippen LogP contribution in [0.1, 0.15) is 26.4 Å². The maximum absolute atomic E-state index is 12.1. The van der Waals surface area contributed by atoms with Crippen molar-refractivity contribution in [2.24, 2.45) is 5.73 Å². The molecular weight excluding hydrogens is 328 g/mol. The molecule has 2 aromatic carbocycles. The van der Waals surface area contributed by atoms with Crippen molar-refractivity contribution in [3.8, 4) is 11.4 Å². The van der Waals surface area contributed by atoms with Crippen molar-refractivity contribution in [1.82, 2.24) is 15.3 Å². The summed E-state index contributed by atoms with van der Waals surface area (Å²) >= 11 is 0. The summed E-state index contributed by atoms with van der Waals surface area (Å²) in [6, 6.07) is 18.4. The Morgan fingerprint density at radius 3 is 2.27 bits per heavy atom. The Labute approximate surface area is 151 Å². The van der Waals surface area contributed by atoms with E-state index < -0.39 is 5.91 Å². The zero-order chi connectivity index (χ0) is 18.4. The maximum Gasteiger partial charge on any atom is 0.252 e. The Morgan fingerprint density at radius 1 is 0.962 bits per heavy atom. The van der Waals surface area contributed by atoms with Crippen LogP contribution >= 0.6 is 0 Å². The molecule has 1 heterocycles. The van der Waals surface area contributed by atoms with E-state index in [4.69, 9.17) is 5.73 Å². The summed E-state index contributed by atoms with van der Waals surface area (Å²) < 4.78 is 0. The van der Waals surface area contributed by atoms with E-state index in [0.29, 0.717) is 30.0 Å². The number of aromatic nitrogens is 2. The Kier molecular flexibility index (Phi) is 5.34. The molecule has 3 rings (SSSR count). The van der Waals surface area contributed by atoms with Crippen LogP contribution in [0.2, 0.25) is 0 Å². The summed E-state index contributed by atoms with van der Waals surface area (Å²) in [5.74, 6) is -0.252. The zero-order valence-corrected chi connectivity index (χ0v) is 14.1. The second kappa shape index (κ2) is 8.02. The summed E-state index contributed by atoms with van der Waals surface area (Å²) in [6.45, 7) is 0.333. The van der Waals surface area contributed by atoms with Crippen LogP contribution in [0.3, 0.4) is 0 Å². The molecule has 0 spiro atoms. The fraction of sp³-hybridized carbons (Fsp3) is 0.100. The summed E-state index contributed by atoms with van der Waals surface area (Å²) in [4.78, 5) is 32.4. The van der Waals surface area contributed by atoms with Crippen LogP contribution in [0.25, 0.3) is 11.4 Å². The standard InChI is InChI=1S/C20H18N4O2/c21-18(25)16-13-23-19(14-7-3-1-4-8-14)24-17(16)11-12-22-20(26)15-9-5-2-6-10-15/h1-10,13H,11-12H2,(H2,21,25)(H,22,26). The van der Waals surface area contributed by atoms with Crippen LogP contribution in [0, 0.1) is 0 Å². The highest BCUT2D eigenvalue weighted by Crippen LogP contribution is 2.16. The smallest absolute Gasteiger partial charge is 0.252 e. The van der Waals surface area contributed by atoms with Crippen molar-refractivity contribution >= 4 is 11.8 Å². The lowest BCUT2D eigenvalue weighted by atomic mass is 10.1. The number of rotatable bonds is 6. The van der Waals surface area contributed by atoms with E-state index in [0.717, 1.165) is 5.56 Å². The number of nitrogens with one attached hydrogen (secondary N) is 1. The summed E-state index contributed by atoms with van der Waals surface area (Å²) in [7, 11) is 0. The lowest BCUT2D eigenvalue weighted by molar-refractivity contribution is 0.0953. The normalized spacial score (nSPS) is 10.3. The number of hydrogen-bond acceptors (Lipinski definition) is 4. The minimum Gasteiger partial charge on any atom is -0.365 e. The summed E-state index contributed by atoms with van der Waals surface area (Å²) in [6.07, 6.45) is 1.81. The highest BCUT2D eigenvalue weighted by atomic mass is 16.2. The first-order valence-electron chi connectivity index (χ1n) is 8.19. The van der Waals surface area contributed by atoms with E-state index in [-0.39, 0.29) is 11.5 Å². The topological polar surface area (TPSA) is 98.0 Å². The molecule has 0 aliphatic heterocycles. The van der Waals surface area contributed by atoms with Gasteiger partial charge in [-0.05, 0) is 12.1 Å². The van der Waals surface area contributed by atoms with Crippen LogP contribution in [0.5, 0.6) is 0 Å². The molecule has 130 valence electrons. The van der Waals surface area contributed by atoms with Gasteiger partial charge in [0.15, 0.2) is 5.82 Å². The molecule has 0 unspecified atom stereocenters. The van der Waals surface area contributed by atoms with Crippen molar-refractivity contribution in [2.75, 3.05) is 6.54 Å². The number of hydrogen-bond donors (Lipinski definition) is 2. The SMILES string of the molecule is NC(=O)c1cnc(-c2ccccc2)nc1CCNC(=O)c1ccccc1. The largest absolute Gasteiger partial charge is 0.365 e. The van der Waals surface area contributed by atoms with Gasteiger partial charge in [-0.25, -0.2) is 9.97 Å². The van der Waals surface area contributed by atoms with Gasteiger partial charge in [0.25, 0.3) is 11.8 Å². The molecule has 0 aliphatic carbocycles. The predicted octanol–water partition coefficient (Wildman–Crippen LogP) is 2.21. The number of primary amides is 1. The first-order valence-corrected chi connectivity index (χ1v) is 8.19. The second-order valence-electron chi connectivity index (χ2n) is 5.66. The van der Waals surface area contributed by atoms with E-state index in [1.165, 1.54) is 6.20 Å². The third-order valence-corrected chi connectivity index (χ3v) is 3.85. The number of nitrogens with zero attached hydrogens (tertiary/aromatic N) is 2. The van der Waals surface area contributed by atoms with E-state index >= 15 is 0 Å². The van der Waals surface area contributed by atoms with Gasteiger partial charge in [-0.1, -0.05) is 48.5 Å². The third kappa shape index (κ3) is 4.10. The van der Waals surface area contributed by atoms with Crippen LogP contribution in [-0.4, -0.2) is 28.3 Å². The first kappa shape index (κ1) is 17.3. The molecule has 0 atom stereocenters. The second-order valence-corrected chi connectivity index (χ2v) is 5.66. The molecule has 2 amide bonds. The molecule has 0 fully saturated rings. The molecule has 3 N–H and O–H groups in total. The summed E-state index contributed by atoms with van der Waals surface area (Å²) in [5, 5.41) is 2.82. The van der Waals surface area contributed by atoms with E-state index in [2.05, 4.69) is 15.3 Å². The van der Waals surface area contributed by atoms with Gasteiger partial charge in [0.05, 0.1) is 11.3 Å². The minimum absolute atomic E-state index is 0.177. The highest BCUT2D eigenvalue weighted by Gasteiger charge is 2.13. The molecule has 6 nitrogen and oxygen atoms in total. The molecule has 3 aromatic rings. The van der Waals surface area contributed by atoms with Crippen molar-refractivity contribution in [2.45, 2.75) is 6.42 Å². The van der Waals surface area contributed by atoms with Gasteiger partial charge < -0.3 is 11.1 Å². The van der Waals surface area contributed by atoms with E-state index in [9.17, 15) is 9.59 Å². The van der Waals surface area contributed by atoms with Gasteiger partial charge in [0, 0.05) is 30.3 Å². The van der Waals surface area contributed by atoms with Crippen molar-refractivity contribution in [3.63, 3.8) is 0 Å². The maximum atomic E-state index is 12.1.